The predicted octanol–water partition coefficient (Wildman–Crippen LogP) is 5.74. The van der Waals surface area contributed by atoms with Crippen LogP contribution in [0.2, 0.25) is 10.0 Å². The van der Waals surface area contributed by atoms with Crippen molar-refractivity contribution in [3.05, 3.63) is 79.6 Å². The van der Waals surface area contributed by atoms with Crippen LogP contribution in [0.15, 0.2) is 41.3 Å². The number of rotatable bonds is 4. The van der Waals surface area contributed by atoms with Gasteiger partial charge in [-0.15, -0.1) is 0 Å². The molecule has 5 rings (SSSR count). The molecule has 1 aliphatic carbocycles. The smallest absolute Gasteiger partial charge is 0.255 e. The molecule has 1 N–H and O–H groups in total. The first-order chi connectivity index (χ1) is 15.6. The number of hydrogen-bond donors (Lipinski definition) is 1. The fourth-order valence-electron chi connectivity index (χ4n) is 4.81. The first-order valence-corrected chi connectivity index (χ1v) is 12.1. The number of benzene rings is 1. The van der Waals surface area contributed by atoms with Gasteiger partial charge in [0.25, 0.3) is 5.56 Å². The molecule has 1 aliphatic heterocycles. The fraction of sp³-hybridized carbons (Fsp3) is 0.400. The van der Waals surface area contributed by atoms with Gasteiger partial charge in [-0.1, -0.05) is 54.6 Å². The molecule has 2 aromatic heterocycles. The van der Waals surface area contributed by atoms with Crippen LogP contribution < -0.4 is 5.56 Å². The SMILES string of the molecule is O=c1[nH]c(C2CCCCC2)nc2c1CN(Cc1ccc(-c3ccc(Cl)c(Cl)c3)nc1)CC2. The second kappa shape index (κ2) is 9.34. The molecule has 0 unspecified atom stereocenters. The molecule has 7 heteroatoms. The van der Waals surface area contributed by atoms with Crippen LogP contribution in [0, 0.1) is 0 Å². The highest BCUT2D eigenvalue weighted by Crippen LogP contribution is 2.31. The Labute approximate surface area is 197 Å². The van der Waals surface area contributed by atoms with Gasteiger partial charge < -0.3 is 4.98 Å². The summed E-state index contributed by atoms with van der Waals surface area (Å²) in [5, 5.41) is 1.06. The van der Waals surface area contributed by atoms with E-state index in [-0.39, 0.29) is 5.56 Å². The minimum atomic E-state index is 0.0355. The van der Waals surface area contributed by atoms with Gasteiger partial charge in [-0.3, -0.25) is 14.7 Å². The third-order valence-electron chi connectivity index (χ3n) is 6.60. The first kappa shape index (κ1) is 21.6. The zero-order valence-corrected chi connectivity index (χ0v) is 19.4. The summed E-state index contributed by atoms with van der Waals surface area (Å²) in [6.07, 6.45) is 8.74. The second-order valence-electron chi connectivity index (χ2n) is 8.85. The van der Waals surface area contributed by atoms with Gasteiger partial charge in [-0.25, -0.2) is 4.98 Å². The van der Waals surface area contributed by atoms with Crippen molar-refractivity contribution >= 4 is 23.2 Å². The lowest BCUT2D eigenvalue weighted by atomic mass is 9.88. The Morgan fingerprint density at radius 3 is 2.66 bits per heavy atom. The van der Waals surface area contributed by atoms with Crippen molar-refractivity contribution in [3.8, 4) is 11.3 Å². The zero-order chi connectivity index (χ0) is 22.1. The zero-order valence-electron chi connectivity index (χ0n) is 17.9. The number of hydrogen-bond acceptors (Lipinski definition) is 4. The van der Waals surface area contributed by atoms with Crippen LogP contribution in [0.4, 0.5) is 0 Å². The van der Waals surface area contributed by atoms with Crippen LogP contribution in [0.1, 0.15) is 60.7 Å². The fourth-order valence-corrected chi connectivity index (χ4v) is 5.11. The number of H-pyrrole nitrogens is 1. The standard InChI is InChI=1S/C25H26Cl2N4O/c26-20-8-7-18(12-21(20)27)22-9-6-16(13-28-22)14-31-11-10-23-19(15-31)25(32)30-24(29-23)17-4-2-1-3-5-17/h6-9,12-13,17H,1-5,10-11,14-15H2,(H,29,30,32). The number of nitrogens with one attached hydrogen (secondary N) is 1. The molecule has 3 heterocycles. The van der Waals surface area contributed by atoms with E-state index in [1.807, 2.05) is 24.4 Å². The largest absolute Gasteiger partial charge is 0.310 e. The first-order valence-electron chi connectivity index (χ1n) is 11.3. The van der Waals surface area contributed by atoms with Crippen LogP contribution in [0.25, 0.3) is 11.3 Å². The molecule has 0 radical (unpaired) electrons. The minimum absolute atomic E-state index is 0.0355. The van der Waals surface area contributed by atoms with Crippen molar-refractivity contribution in [3.63, 3.8) is 0 Å². The van der Waals surface area contributed by atoms with Crippen molar-refractivity contribution < 1.29 is 0 Å². The van der Waals surface area contributed by atoms with Gasteiger partial charge in [-0.2, -0.15) is 0 Å². The molecule has 1 saturated carbocycles. The monoisotopic (exact) mass is 468 g/mol. The van der Waals surface area contributed by atoms with Crippen LogP contribution in [-0.4, -0.2) is 26.4 Å². The molecular weight excluding hydrogens is 443 g/mol. The van der Waals surface area contributed by atoms with Crippen molar-refractivity contribution in [2.45, 2.75) is 57.5 Å². The molecular formula is C25H26Cl2N4O. The van der Waals surface area contributed by atoms with Gasteiger partial charge in [-0.05, 0) is 36.6 Å². The van der Waals surface area contributed by atoms with E-state index in [2.05, 4.69) is 20.9 Å². The molecule has 1 fully saturated rings. The third kappa shape index (κ3) is 4.61. The number of aromatic amines is 1. The number of nitrogens with zero attached hydrogens (tertiary/aromatic N) is 3. The van der Waals surface area contributed by atoms with Gasteiger partial charge in [0, 0.05) is 43.7 Å². The van der Waals surface area contributed by atoms with Crippen LogP contribution in [0.3, 0.4) is 0 Å². The average molecular weight is 469 g/mol. The Bertz CT molecular complexity index is 1170. The molecule has 0 spiro atoms. The maximum absolute atomic E-state index is 12.8. The molecule has 32 heavy (non-hydrogen) atoms. The minimum Gasteiger partial charge on any atom is -0.310 e. The van der Waals surface area contributed by atoms with Crippen LogP contribution in [0.5, 0.6) is 0 Å². The Kier molecular flexibility index (Phi) is 6.31. The summed E-state index contributed by atoms with van der Waals surface area (Å²) in [6.45, 7) is 2.26. The summed E-state index contributed by atoms with van der Waals surface area (Å²) in [7, 11) is 0. The van der Waals surface area contributed by atoms with Crippen molar-refractivity contribution in [1.82, 2.24) is 19.9 Å². The summed E-state index contributed by atoms with van der Waals surface area (Å²) in [6, 6.07) is 9.60. The molecule has 3 aromatic rings. The van der Waals surface area contributed by atoms with Crippen molar-refractivity contribution in [1.29, 1.82) is 0 Å². The predicted molar refractivity (Wildman–Crippen MR) is 128 cm³/mol. The molecule has 2 aliphatic rings. The molecule has 5 nitrogen and oxygen atoms in total. The van der Waals surface area contributed by atoms with E-state index in [0.717, 1.165) is 66.3 Å². The number of halogens is 2. The topological polar surface area (TPSA) is 61.9 Å². The Hall–Kier alpha value is -2.21. The normalized spacial score (nSPS) is 17.3. The maximum atomic E-state index is 12.8. The number of fused-ring (bicyclic) bond motifs is 1. The molecule has 1 aromatic carbocycles. The van der Waals surface area contributed by atoms with E-state index in [0.29, 0.717) is 22.5 Å². The van der Waals surface area contributed by atoms with Gasteiger partial charge in [0.1, 0.15) is 5.82 Å². The third-order valence-corrected chi connectivity index (χ3v) is 7.34. The molecule has 166 valence electrons. The highest BCUT2D eigenvalue weighted by molar-refractivity contribution is 6.42. The summed E-state index contributed by atoms with van der Waals surface area (Å²) >= 11 is 12.1. The Balaban J connectivity index is 1.28. The highest BCUT2D eigenvalue weighted by atomic mass is 35.5. The summed E-state index contributed by atoms with van der Waals surface area (Å²) in [5.41, 5.74) is 4.74. The second-order valence-corrected chi connectivity index (χ2v) is 9.67. The van der Waals surface area contributed by atoms with Crippen LogP contribution >= 0.6 is 23.2 Å². The average Bonchev–Trinajstić information content (AvgIpc) is 2.82. The van der Waals surface area contributed by atoms with E-state index in [9.17, 15) is 4.79 Å². The van der Waals surface area contributed by atoms with E-state index >= 15 is 0 Å². The Morgan fingerprint density at radius 2 is 1.91 bits per heavy atom. The van der Waals surface area contributed by atoms with Crippen molar-refractivity contribution in [2.75, 3.05) is 6.54 Å². The van der Waals surface area contributed by atoms with Gasteiger partial charge in [0.05, 0.1) is 27.0 Å². The van der Waals surface area contributed by atoms with E-state index in [1.54, 1.807) is 6.07 Å². The molecule has 0 atom stereocenters. The number of pyridine rings is 1. The molecule has 0 amide bonds. The van der Waals surface area contributed by atoms with E-state index < -0.39 is 0 Å². The van der Waals surface area contributed by atoms with Gasteiger partial charge in [0.2, 0.25) is 0 Å². The summed E-state index contributed by atoms with van der Waals surface area (Å²) in [4.78, 5) is 27.7. The Morgan fingerprint density at radius 1 is 1.06 bits per heavy atom. The van der Waals surface area contributed by atoms with E-state index in [4.69, 9.17) is 28.2 Å². The molecule has 0 bridgehead atoms. The quantitative estimate of drug-likeness (QED) is 0.529. The van der Waals surface area contributed by atoms with Gasteiger partial charge >= 0.3 is 0 Å². The summed E-state index contributed by atoms with van der Waals surface area (Å²) < 4.78 is 0. The highest BCUT2D eigenvalue weighted by Gasteiger charge is 2.24. The summed E-state index contributed by atoms with van der Waals surface area (Å²) in [5.74, 6) is 1.32. The van der Waals surface area contributed by atoms with E-state index in [1.165, 1.54) is 19.3 Å². The molecule has 0 saturated heterocycles. The van der Waals surface area contributed by atoms with Crippen LogP contribution in [-0.2, 0) is 19.5 Å². The lowest BCUT2D eigenvalue weighted by Gasteiger charge is -2.28. The lowest BCUT2D eigenvalue weighted by molar-refractivity contribution is 0.240. The maximum Gasteiger partial charge on any atom is 0.255 e. The number of aromatic nitrogens is 3. The lowest BCUT2D eigenvalue weighted by Crippen LogP contribution is -2.36. The van der Waals surface area contributed by atoms with Crippen molar-refractivity contribution in [2.24, 2.45) is 0 Å². The van der Waals surface area contributed by atoms with Gasteiger partial charge in [0.15, 0.2) is 0 Å².